The zero-order valence-corrected chi connectivity index (χ0v) is 20.3. The molecule has 0 fully saturated rings. The van der Waals surface area contributed by atoms with Gasteiger partial charge in [0.1, 0.15) is 11.5 Å². The summed E-state index contributed by atoms with van der Waals surface area (Å²) in [7, 11) is 0. The first-order valence-electron chi connectivity index (χ1n) is 10.6. The molecular formula is C24H30ClN3O2S. The van der Waals surface area contributed by atoms with Gasteiger partial charge < -0.3 is 14.0 Å². The highest BCUT2D eigenvalue weighted by Crippen LogP contribution is 2.28. The normalized spacial score (nSPS) is 12.4. The van der Waals surface area contributed by atoms with E-state index in [1.807, 2.05) is 43.3 Å². The highest BCUT2D eigenvalue weighted by atomic mass is 35.5. The summed E-state index contributed by atoms with van der Waals surface area (Å²) in [6.07, 6.45) is -0.209. The SMILES string of the molecule is CC(C)c1ccc(OC(C)c2nnc(SCCOc3ccc(Cl)cc3)n2C(C)C)cc1. The second-order valence-corrected chi connectivity index (χ2v) is 9.44. The Kier molecular flexibility index (Phi) is 8.27. The molecule has 0 saturated heterocycles. The van der Waals surface area contributed by atoms with Crippen molar-refractivity contribution in [3.05, 3.63) is 64.9 Å². The van der Waals surface area contributed by atoms with Gasteiger partial charge in [-0.25, -0.2) is 0 Å². The summed E-state index contributed by atoms with van der Waals surface area (Å²) in [5.41, 5.74) is 1.30. The number of aromatic nitrogens is 3. The Balaban J connectivity index is 1.61. The van der Waals surface area contributed by atoms with E-state index in [2.05, 4.69) is 54.6 Å². The standard InChI is InChI=1S/C24H30ClN3O2S/c1-16(2)19-6-10-22(11-7-19)30-18(5)23-26-27-24(28(23)17(3)4)31-15-14-29-21-12-8-20(25)9-13-21/h6-13,16-18H,14-15H2,1-5H3. The van der Waals surface area contributed by atoms with Crippen LogP contribution >= 0.6 is 23.4 Å². The van der Waals surface area contributed by atoms with E-state index in [-0.39, 0.29) is 12.1 Å². The molecule has 5 nitrogen and oxygen atoms in total. The smallest absolute Gasteiger partial charge is 0.191 e. The summed E-state index contributed by atoms with van der Waals surface area (Å²) in [5, 5.41) is 10.4. The number of benzene rings is 2. The molecule has 0 spiro atoms. The van der Waals surface area contributed by atoms with Crippen molar-refractivity contribution < 1.29 is 9.47 Å². The summed E-state index contributed by atoms with van der Waals surface area (Å²) in [5.74, 6) is 3.73. The third-order valence-corrected chi connectivity index (χ3v) is 5.99. The summed E-state index contributed by atoms with van der Waals surface area (Å²) in [6, 6.07) is 15.9. The fourth-order valence-electron chi connectivity index (χ4n) is 3.16. The lowest BCUT2D eigenvalue weighted by atomic mass is 10.0. The molecule has 0 aliphatic carbocycles. The van der Waals surface area contributed by atoms with Gasteiger partial charge in [0.2, 0.25) is 0 Å². The van der Waals surface area contributed by atoms with Gasteiger partial charge in [0.05, 0.1) is 6.61 Å². The Bertz CT molecular complexity index is 956. The van der Waals surface area contributed by atoms with Gasteiger partial charge in [-0.2, -0.15) is 0 Å². The van der Waals surface area contributed by atoms with E-state index in [1.165, 1.54) is 5.56 Å². The van der Waals surface area contributed by atoms with Crippen LogP contribution in [0, 0.1) is 0 Å². The molecule has 0 aliphatic heterocycles. The molecule has 0 saturated carbocycles. The Labute approximate surface area is 194 Å². The second-order valence-electron chi connectivity index (χ2n) is 7.94. The van der Waals surface area contributed by atoms with Gasteiger partial charge in [0, 0.05) is 16.8 Å². The first-order valence-corrected chi connectivity index (χ1v) is 11.9. The lowest BCUT2D eigenvalue weighted by Crippen LogP contribution is -2.14. The van der Waals surface area contributed by atoms with Gasteiger partial charge >= 0.3 is 0 Å². The molecule has 0 radical (unpaired) electrons. The third kappa shape index (κ3) is 6.40. The maximum absolute atomic E-state index is 6.16. The van der Waals surface area contributed by atoms with Crippen LogP contribution in [0.25, 0.3) is 0 Å². The van der Waals surface area contributed by atoms with Gasteiger partial charge in [0.15, 0.2) is 17.1 Å². The lowest BCUT2D eigenvalue weighted by molar-refractivity contribution is 0.207. The highest BCUT2D eigenvalue weighted by molar-refractivity contribution is 7.99. The van der Waals surface area contributed by atoms with Gasteiger partial charge in [-0.05, 0) is 68.7 Å². The van der Waals surface area contributed by atoms with Crippen LogP contribution in [-0.4, -0.2) is 27.1 Å². The topological polar surface area (TPSA) is 49.2 Å². The van der Waals surface area contributed by atoms with Gasteiger partial charge in [-0.15, -0.1) is 10.2 Å². The molecule has 31 heavy (non-hydrogen) atoms. The van der Waals surface area contributed by atoms with Crippen molar-refractivity contribution in [1.29, 1.82) is 0 Å². The van der Waals surface area contributed by atoms with E-state index in [4.69, 9.17) is 21.1 Å². The molecule has 3 aromatic rings. The minimum absolute atomic E-state index is 0.209. The molecule has 7 heteroatoms. The van der Waals surface area contributed by atoms with Gasteiger partial charge in [0.25, 0.3) is 0 Å². The zero-order chi connectivity index (χ0) is 22.4. The van der Waals surface area contributed by atoms with Crippen LogP contribution in [-0.2, 0) is 0 Å². The van der Waals surface area contributed by atoms with Crippen molar-refractivity contribution in [2.24, 2.45) is 0 Å². The van der Waals surface area contributed by atoms with E-state index < -0.39 is 0 Å². The summed E-state index contributed by atoms with van der Waals surface area (Å²) < 4.78 is 14.1. The molecule has 1 aromatic heterocycles. The molecule has 0 aliphatic rings. The number of hydrogen-bond acceptors (Lipinski definition) is 5. The molecular weight excluding hydrogens is 430 g/mol. The maximum Gasteiger partial charge on any atom is 0.191 e. The highest BCUT2D eigenvalue weighted by Gasteiger charge is 2.21. The van der Waals surface area contributed by atoms with E-state index in [9.17, 15) is 0 Å². The summed E-state index contributed by atoms with van der Waals surface area (Å²) in [6.45, 7) is 11.2. The van der Waals surface area contributed by atoms with E-state index in [0.717, 1.165) is 28.2 Å². The maximum atomic E-state index is 6.16. The van der Waals surface area contributed by atoms with Crippen molar-refractivity contribution in [2.75, 3.05) is 12.4 Å². The van der Waals surface area contributed by atoms with Crippen LogP contribution in [0.4, 0.5) is 0 Å². The fourth-order valence-corrected chi connectivity index (χ4v) is 4.18. The molecule has 0 N–H and O–H groups in total. The predicted octanol–water partition coefficient (Wildman–Crippen LogP) is 6.95. The van der Waals surface area contributed by atoms with E-state index in [1.54, 1.807) is 11.8 Å². The number of ether oxygens (including phenoxy) is 2. The average molecular weight is 460 g/mol. The van der Waals surface area contributed by atoms with Gasteiger partial charge in [-0.1, -0.05) is 49.3 Å². The van der Waals surface area contributed by atoms with Crippen molar-refractivity contribution in [1.82, 2.24) is 14.8 Å². The van der Waals surface area contributed by atoms with E-state index >= 15 is 0 Å². The minimum atomic E-state index is -0.209. The van der Waals surface area contributed by atoms with E-state index in [0.29, 0.717) is 17.5 Å². The summed E-state index contributed by atoms with van der Waals surface area (Å²) >= 11 is 7.54. The molecule has 166 valence electrons. The Morgan fingerprint density at radius 2 is 1.55 bits per heavy atom. The number of nitrogens with zero attached hydrogens (tertiary/aromatic N) is 3. The van der Waals surface area contributed by atoms with Crippen LogP contribution in [0.2, 0.25) is 5.02 Å². The van der Waals surface area contributed by atoms with Crippen molar-refractivity contribution in [2.45, 2.75) is 57.8 Å². The molecule has 1 heterocycles. The fraction of sp³-hybridized carbons (Fsp3) is 0.417. The molecule has 0 bridgehead atoms. The molecule has 1 atom stereocenters. The largest absolute Gasteiger partial charge is 0.493 e. The first kappa shape index (κ1) is 23.5. The van der Waals surface area contributed by atoms with Crippen molar-refractivity contribution in [3.63, 3.8) is 0 Å². The van der Waals surface area contributed by atoms with Gasteiger partial charge in [-0.3, -0.25) is 0 Å². The molecule has 3 rings (SSSR count). The Hall–Kier alpha value is -2.18. The molecule has 0 amide bonds. The van der Waals surface area contributed by atoms with Crippen LogP contribution in [0.1, 0.15) is 64.1 Å². The summed E-state index contributed by atoms with van der Waals surface area (Å²) in [4.78, 5) is 0. The lowest BCUT2D eigenvalue weighted by Gasteiger charge is -2.19. The van der Waals surface area contributed by atoms with Crippen molar-refractivity contribution in [3.8, 4) is 11.5 Å². The monoisotopic (exact) mass is 459 g/mol. The van der Waals surface area contributed by atoms with Crippen LogP contribution in [0.15, 0.2) is 53.7 Å². The number of thioether (sulfide) groups is 1. The van der Waals surface area contributed by atoms with Crippen molar-refractivity contribution >= 4 is 23.4 Å². The zero-order valence-electron chi connectivity index (χ0n) is 18.7. The average Bonchev–Trinajstić information content (AvgIpc) is 3.17. The van der Waals surface area contributed by atoms with Crippen LogP contribution in [0.3, 0.4) is 0 Å². The third-order valence-electron chi connectivity index (χ3n) is 4.83. The van der Waals surface area contributed by atoms with Crippen LogP contribution < -0.4 is 9.47 Å². The second kappa shape index (κ2) is 10.9. The van der Waals surface area contributed by atoms with Crippen LogP contribution in [0.5, 0.6) is 11.5 Å². The first-order chi connectivity index (χ1) is 14.8. The number of hydrogen-bond donors (Lipinski definition) is 0. The number of halogens is 1. The Morgan fingerprint density at radius 1 is 0.903 bits per heavy atom. The molecule has 1 unspecified atom stereocenters. The number of rotatable bonds is 10. The molecule has 2 aromatic carbocycles. The minimum Gasteiger partial charge on any atom is -0.493 e. The Morgan fingerprint density at radius 3 is 2.16 bits per heavy atom. The quantitative estimate of drug-likeness (QED) is 0.242. The predicted molar refractivity (Wildman–Crippen MR) is 128 cm³/mol.